The quantitative estimate of drug-likeness (QED) is 0.755. The smallest absolute Gasteiger partial charge is 0.350 e. The van der Waals surface area contributed by atoms with Crippen LogP contribution in [0.5, 0.6) is 0 Å². The van der Waals surface area contributed by atoms with E-state index in [1.807, 2.05) is 30.3 Å². The van der Waals surface area contributed by atoms with Crippen molar-refractivity contribution in [2.24, 2.45) is 5.92 Å². The molecule has 0 bridgehead atoms. The molecule has 2 aromatic rings. The van der Waals surface area contributed by atoms with Crippen molar-refractivity contribution in [2.75, 3.05) is 0 Å². The summed E-state index contributed by atoms with van der Waals surface area (Å²) in [5.41, 5.74) is 0.393. The third-order valence-electron chi connectivity index (χ3n) is 4.19. The Morgan fingerprint density at radius 2 is 1.61 bits per heavy atom. The summed E-state index contributed by atoms with van der Waals surface area (Å²) in [6.45, 7) is 3.52. The highest BCUT2D eigenvalue weighted by Crippen LogP contribution is 2.29. The fourth-order valence-corrected chi connectivity index (χ4v) is 2.70. The predicted octanol–water partition coefficient (Wildman–Crippen LogP) is 3.71. The Morgan fingerprint density at radius 3 is 2.21 bits per heavy atom. The van der Waals surface area contributed by atoms with Crippen molar-refractivity contribution in [3.8, 4) is 0 Å². The van der Waals surface area contributed by atoms with Gasteiger partial charge in [-0.05, 0) is 29.2 Å². The number of halogens is 3. The van der Waals surface area contributed by atoms with Gasteiger partial charge in [0, 0.05) is 6.54 Å². The van der Waals surface area contributed by atoms with E-state index in [0.29, 0.717) is 5.56 Å². The Balaban J connectivity index is 1.96. The summed E-state index contributed by atoms with van der Waals surface area (Å²) in [6, 6.07) is 13.1. The molecule has 2 N–H and O–H groups in total. The molecule has 4 nitrogen and oxygen atoms in total. The summed E-state index contributed by atoms with van der Waals surface area (Å²) >= 11 is 0. The summed E-state index contributed by atoms with van der Waals surface area (Å²) < 4.78 is 38.4. The van der Waals surface area contributed by atoms with Gasteiger partial charge in [0.1, 0.15) is 6.04 Å². The van der Waals surface area contributed by atoms with Crippen molar-refractivity contribution in [3.63, 3.8) is 0 Å². The van der Waals surface area contributed by atoms with Crippen molar-refractivity contribution in [3.05, 3.63) is 71.3 Å². The SMILES string of the molecule is CC(C)[C@H](NC(=O)Cc1ccccc1)C(=O)NCc1cccc(C(F)(F)F)c1. The van der Waals surface area contributed by atoms with Crippen molar-refractivity contribution < 1.29 is 22.8 Å². The molecule has 1 atom stereocenters. The Labute approximate surface area is 162 Å². The monoisotopic (exact) mass is 392 g/mol. The van der Waals surface area contributed by atoms with Crippen LogP contribution in [0.2, 0.25) is 0 Å². The fraction of sp³-hybridized carbons (Fsp3) is 0.333. The van der Waals surface area contributed by atoms with Crippen LogP contribution in [-0.2, 0) is 28.7 Å². The van der Waals surface area contributed by atoms with Crippen LogP contribution in [0.15, 0.2) is 54.6 Å². The maximum Gasteiger partial charge on any atom is 0.416 e. The zero-order chi connectivity index (χ0) is 20.7. The number of amides is 2. The second-order valence-electron chi connectivity index (χ2n) is 6.87. The van der Waals surface area contributed by atoms with Gasteiger partial charge in [-0.1, -0.05) is 56.3 Å². The van der Waals surface area contributed by atoms with Gasteiger partial charge in [-0.15, -0.1) is 0 Å². The van der Waals surface area contributed by atoms with Crippen LogP contribution in [0.4, 0.5) is 13.2 Å². The van der Waals surface area contributed by atoms with Gasteiger partial charge >= 0.3 is 6.18 Å². The average Bonchev–Trinajstić information content (AvgIpc) is 2.64. The van der Waals surface area contributed by atoms with Crippen molar-refractivity contribution in [1.29, 1.82) is 0 Å². The van der Waals surface area contributed by atoms with E-state index in [1.54, 1.807) is 13.8 Å². The van der Waals surface area contributed by atoms with Gasteiger partial charge in [0.05, 0.1) is 12.0 Å². The zero-order valence-corrected chi connectivity index (χ0v) is 15.7. The van der Waals surface area contributed by atoms with Crippen LogP contribution in [0.3, 0.4) is 0 Å². The maximum absolute atomic E-state index is 12.8. The van der Waals surface area contributed by atoms with Crippen molar-refractivity contribution in [1.82, 2.24) is 10.6 Å². The Kier molecular flexibility index (Phi) is 7.20. The third-order valence-corrected chi connectivity index (χ3v) is 4.19. The molecule has 0 aliphatic heterocycles. The Morgan fingerprint density at radius 1 is 0.964 bits per heavy atom. The standard InChI is InChI=1S/C21H23F3N2O2/c1-14(2)19(26-18(27)12-15-7-4-3-5-8-15)20(28)25-13-16-9-6-10-17(11-16)21(22,23)24/h3-11,14,19H,12-13H2,1-2H3,(H,25,28)(H,26,27)/t19-/m0/s1. The highest BCUT2D eigenvalue weighted by molar-refractivity contribution is 5.88. The first-order valence-corrected chi connectivity index (χ1v) is 8.94. The van der Waals surface area contributed by atoms with Crippen LogP contribution in [0.1, 0.15) is 30.5 Å². The van der Waals surface area contributed by atoms with Gasteiger partial charge in [0.2, 0.25) is 11.8 Å². The van der Waals surface area contributed by atoms with Crippen molar-refractivity contribution in [2.45, 2.75) is 39.0 Å². The van der Waals surface area contributed by atoms with E-state index < -0.39 is 23.7 Å². The molecule has 0 saturated carbocycles. The molecule has 0 aliphatic carbocycles. The lowest BCUT2D eigenvalue weighted by Crippen LogP contribution is -2.49. The zero-order valence-electron chi connectivity index (χ0n) is 15.7. The van der Waals surface area contributed by atoms with Gasteiger partial charge in [-0.2, -0.15) is 13.2 Å². The van der Waals surface area contributed by atoms with Gasteiger partial charge in [-0.25, -0.2) is 0 Å². The maximum atomic E-state index is 12.8. The lowest BCUT2D eigenvalue weighted by molar-refractivity contribution is -0.137. The van der Waals surface area contributed by atoms with Crippen LogP contribution >= 0.6 is 0 Å². The van der Waals surface area contributed by atoms with Crippen LogP contribution in [-0.4, -0.2) is 17.9 Å². The summed E-state index contributed by atoms with van der Waals surface area (Å²) in [4.78, 5) is 24.7. The molecule has 28 heavy (non-hydrogen) atoms. The lowest BCUT2D eigenvalue weighted by Gasteiger charge is -2.22. The van der Waals surface area contributed by atoms with E-state index >= 15 is 0 Å². The molecule has 0 unspecified atom stereocenters. The number of nitrogens with one attached hydrogen (secondary N) is 2. The molecule has 2 aromatic carbocycles. The first-order valence-electron chi connectivity index (χ1n) is 8.94. The van der Waals surface area contributed by atoms with Crippen LogP contribution in [0, 0.1) is 5.92 Å². The Hall–Kier alpha value is -2.83. The van der Waals surface area contributed by atoms with E-state index in [-0.39, 0.29) is 24.8 Å². The molecule has 150 valence electrons. The van der Waals surface area contributed by atoms with E-state index in [2.05, 4.69) is 10.6 Å². The normalized spacial score (nSPS) is 12.5. The summed E-state index contributed by atoms with van der Waals surface area (Å²) in [5.74, 6) is -0.908. The molecule has 0 fully saturated rings. The molecule has 0 radical (unpaired) electrons. The summed E-state index contributed by atoms with van der Waals surface area (Å²) in [6.07, 6.45) is -4.29. The number of hydrogen-bond donors (Lipinski definition) is 2. The van der Waals surface area contributed by atoms with Gasteiger partial charge < -0.3 is 10.6 Å². The molecular weight excluding hydrogens is 369 g/mol. The van der Waals surface area contributed by atoms with Gasteiger partial charge in [0.15, 0.2) is 0 Å². The molecule has 0 aromatic heterocycles. The third kappa shape index (κ3) is 6.40. The Bertz CT molecular complexity index is 805. The topological polar surface area (TPSA) is 58.2 Å². The minimum Gasteiger partial charge on any atom is -0.350 e. The highest BCUT2D eigenvalue weighted by Gasteiger charge is 2.30. The first kappa shape index (κ1) is 21.5. The second kappa shape index (κ2) is 9.39. The molecule has 0 spiro atoms. The molecule has 7 heteroatoms. The number of alkyl halides is 3. The van der Waals surface area contributed by atoms with E-state index in [0.717, 1.165) is 17.7 Å². The molecule has 2 amide bonds. The van der Waals surface area contributed by atoms with E-state index in [4.69, 9.17) is 0 Å². The molecular formula is C21H23F3N2O2. The summed E-state index contributed by atoms with van der Waals surface area (Å²) in [5, 5.41) is 5.31. The van der Waals surface area contributed by atoms with Gasteiger partial charge in [-0.3, -0.25) is 9.59 Å². The molecule has 0 aliphatic rings. The lowest BCUT2D eigenvalue weighted by atomic mass is 10.0. The number of carbonyl (C=O) groups is 2. The van der Waals surface area contributed by atoms with E-state index in [1.165, 1.54) is 12.1 Å². The fourth-order valence-electron chi connectivity index (χ4n) is 2.70. The number of benzene rings is 2. The highest BCUT2D eigenvalue weighted by atomic mass is 19.4. The minimum absolute atomic E-state index is 0.0550. The first-order chi connectivity index (χ1) is 13.2. The number of rotatable bonds is 7. The van der Waals surface area contributed by atoms with Crippen LogP contribution in [0.25, 0.3) is 0 Å². The molecule has 0 heterocycles. The minimum atomic E-state index is -4.44. The number of hydrogen-bond acceptors (Lipinski definition) is 2. The predicted molar refractivity (Wildman–Crippen MR) is 100 cm³/mol. The van der Waals surface area contributed by atoms with Crippen molar-refractivity contribution >= 4 is 11.8 Å². The molecule has 2 rings (SSSR count). The summed E-state index contributed by atoms with van der Waals surface area (Å²) in [7, 11) is 0. The van der Waals surface area contributed by atoms with Gasteiger partial charge in [0.25, 0.3) is 0 Å². The second-order valence-corrected chi connectivity index (χ2v) is 6.87. The number of carbonyl (C=O) groups excluding carboxylic acids is 2. The average molecular weight is 392 g/mol. The van der Waals surface area contributed by atoms with Crippen LogP contribution < -0.4 is 10.6 Å². The molecule has 0 saturated heterocycles. The van der Waals surface area contributed by atoms with E-state index in [9.17, 15) is 22.8 Å². The largest absolute Gasteiger partial charge is 0.416 e.